The molecule has 1 heterocycles. The van der Waals surface area contributed by atoms with Gasteiger partial charge in [-0.3, -0.25) is 9.59 Å². The first-order valence-electron chi connectivity index (χ1n) is 8.57. The molecule has 0 aromatic heterocycles. The minimum absolute atomic E-state index is 0.0436. The van der Waals surface area contributed by atoms with E-state index in [1.54, 1.807) is 0 Å². The Labute approximate surface area is 187 Å². The molecule has 3 N–H and O–H groups in total. The van der Waals surface area contributed by atoms with Crippen molar-refractivity contribution in [3.05, 3.63) is 51.9 Å². The van der Waals surface area contributed by atoms with Crippen LogP contribution in [0.15, 0.2) is 51.2 Å². The first kappa shape index (κ1) is 22.7. The van der Waals surface area contributed by atoms with Crippen LogP contribution >= 0.6 is 23.4 Å². The van der Waals surface area contributed by atoms with Crippen molar-refractivity contribution in [1.82, 2.24) is 0 Å². The first-order valence-corrected chi connectivity index (χ1v) is 11.2. The number of hydrogen-bond donors (Lipinski definition) is 2. The molecule has 1 aliphatic rings. The minimum Gasteiger partial charge on any atom is -0.493 e. The van der Waals surface area contributed by atoms with Crippen LogP contribution in [0.1, 0.15) is 12.5 Å². The fourth-order valence-corrected chi connectivity index (χ4v) is 4.49. The van der Waals surface area contributed by atoms with E-state index in [1.165, 1.54) is 56.5 Å². The third-order valence-corrected chi connectivity index (χ3v) is 6.17. The zero-order valence-corrected chi connectivity index (χ0v) is 18.6. The van der Waals surface area contributed by atoms with Crippen molar-refractivity contribution in [2.24, 2.45) is 10.7 Å². The summed E-state index contributed by atoms with van der Waals surface area (Å²) in [5, 5.41) is 2.62. The Morgan fingerprint density at radius 2 is 1.94 bits per heavy atom. The van der Waals surface area contributed by atoms with Gasteiger partial charge in [-0.2, -0.15) is 13.4 Å². The highest BCUT2D eigenvalue weighted by molar-refractivity contribution is 8.18. The number of hydrogen-bond acceptors (Lipinski definition) is 8. The van der Waals surface area contributed by atoms with Gasteiger partial charge in [0.15, 0.2) is 10.9 Å². The quantitative estimate of drug-likeness (QED) is 0.474. The number of methoxy groups -OCH3 is 1. The van der Waals surface area contributed by atoms with E-state index in [4.69, 9.17) is 26.3 Å². The molecule has 9 nitrogen and oxygen atoms in total. The predicted molar refractivity (Wildman–Crippen MR) is 119 cm³/mol. The Morgan fingerprint density at radius 1 is 1.26 bits per heavy atom. The second kappa shape index (κ2) is 9.00. The lowest BCUT2D eigenvalue weighted by Crippen LogP contribution is -2.11. The molecule has 0 spiro atoms. The smallest absolute Gasteiger partial charge is 0.339 e. The van der Waals surface area contributed by atoms with E-state index in [0.29, 0.717) is 11.3 Å². The second-order valence-corrected chi connectivity index (χ2v) is 9.16. The Balaban J connectivity index is 1.89. The Bertz CT molecular complexity index is 1220. The highest BCUT2D eigenvalue weighted by Gasteiger charge is 2.24. The number of nitrogens with zero attached hydrogens (tertiary/aromatic N) is 1. The van der Waals surface area contributed by atoms with Crippen molar-refractivity contribution >= 4 is 62.2 Å². The van der Waals surface area contributed by atoms with Crippen molar-refractivity contribution < 1.29 is 26.9 Å². The summed E-state index contributed by atoms with van der Waals surface area (Å²) in [5.41, 5.74) is 6.43. The van der Waals surface area contributed by atoms with Crippen LogP contribution in [0.2, 0.25) is 5.02 Å². The van der Waals surface area contributed by atoms with E-state index >= 15 is 0 Å². The van der Waals surface area contributed by atoms with Crippen LogP contribution in [-0.4, -0.2) is 32.5 Å². The van der Waals surface area contributed by atoms with Crippen molar-refractivity contribution in [2.45, 2.75) is 11.8 Å². The summed E-state index contributed by atoms with van der Waals surface area (Å²) in [7, 11) is -2.93. The van der Waals surface area contributed by atoms with Crippen molar-refractivity contribution in [2.75, 3.05) is 12.4 Å². The lowest BCUT2D eigenvalue weighted by atomic mass is 10.2. The van der Waals surface area contributed by atoms with Crippen LogP contribution < -0.4 is 20.0 Å². The fraction of sp³-hybridized carbons (Fsp3) is 0.105. The van der Waals surface area contributed by atoms with Crippen LogP contribution in [0.4, 0.5) is 5.69 Å². The number of aliphatic imine (C=N–C) groups is 1. The Hall–Kier alpha value is -3.02. The molecule has 162 valence electrons. The van der Waals surface area contributed by atoms with Gasteiger partial charge >= 0.3 is 10.1 Å². The molecule has 0 bridgehead atoms. The lowest BCUT2D eigenvalue weighted by molar-refractivity contribution is -0.114. The normalized spacial score (nSPS) is 15.0. The maximum Gasteiger partial charge on any atom is 0.339 e. The highest BCUT2D eigenvalue weighted by Crippen LogP contribution is 2.39. The molecule has 12 heteroatoms. The SMILES string of the molecule is COc1cc(/C=C2\SC(N)=NC2=O)cc(Cl)c1OS(=O)(=O)c1ccc(NC(C)=O)cc1. The number of carbonyl (C=O) groups excluding carboxylic acids is 2. The number of carbonyl (C=O) groups is 2. The third kappa shape index (κ3) is 5.37. The molecule has 2 aromatic rings. The summed E-state index contributed by atoms with van der Waals surface area (Å²) in [6, 6.07) is 8.31. The summed E-state index contributed by atoms with van der Waals surface area (Å²) in [5.74, 6) is -0.936. The van der Waals surface area contributed by atoms with Crippen LogP contribution in [-0.2, 0) is 19.7 Å². The summed E-state index contributed by atoms with van der Waals surface area (Å²) < 4.78 is 35.8. The molecule has 0 unspecified atom stereocenters. The number of rotatable bonds is 6. The van der Waals surface area contributed by atoms with Gasteiger partial charge < -0.3 is 20.0 Å². The topological polar surface area (TPSA) is 137 Å². The number of amidine groups is 1. The number of nitrogens with two attached hydrogens (primary N) is 1. The van der Waals surface area contributed by atoms with Gasteiger partial charge in [-0.15, -0.1) is 0 Å². The lowest BCUT2D eigenvalue weighted by Gasteiger charge is -2.13. The zero-order chi connectivity index (χ0) is 22.8. The molecule has 0 radical (unpaired) electrons. The highest BCUT2D eigenvalue weighted by atomic mass is 35.5. The second-order valence-electron chi connectivity index (χ2n) is 6.14. The molecule has 0 aliphatic carbocycles. The number of anilines is 1. The van der Waals surface area contributed by atoms with Crippen LogP contribution in [0.25, 0.3) is 6.08 Å². The summed E-state index contributed by atoms with van der Waals surface area (Å²) in [4.78, 5) is 26.6. The number of halogens is 1. The van der Waals surface area contributed by atoms with Gasteiger partial charge in [-0.1, -0.05) is 11.6 Å². The monoisotopic (exact) mass is 481 g/mol. The maximum atomic E-state index is 12.7. The van der Waals surface area contributed by atoms with E-state index in [0.717, 1.165) is 11.8 Å². The molecule has 3 rings (SSSR count). The molecule has 31 heavy (non-hydrogen) atoms. The van der Waals surface area contributed by atoms with Gasteiger partial charge in [0.1, 0.15) is 4.90 Å². The molecular formula is C19H16ClN3O6S2. The van der Waals surface area contributed by atoms with Gasteiger partial charge in [0.2, 0.25) is 11.7 Å². The van der Waals surface area contributed by atoms with Gasteiger partial charge in [-0.05, 0) is 59.8 Å². The largest absolute Gasteiger partial charge is 0.493 e. The summed E-state index contributed by atoms with van der Waals surface area (Å²) in [6.45, 7) is 1.34. The van der Waals surface area contributed by atoms with Crippen molar-refractivity contribution in [3.63, 3.8) is 0 Å². The number of ether oxygens (including phenoxy) is 1. The molecule has 2 amide bonds. The third-order valence-electron chi connectivity index (χ3n) is 3.84. The molecule has 1 aliphatic heterocycles. The van der Waals surface area contributed by atoms with Crippen LogP contribution in [0.5, 0.6) is 11.5 Å². The predicted octanol–water partition coefficient (Wildman–Crippen LogP) is 3.00. The van der Waals surface area contributed by atoms with E-state index < -0.39 is 16.0 Å². The number of benzene rings is 2. The van der Waals surface area contributed by atoms with Crippen molar-refractivity contribution in [3.8, 4) is 11.5 Å². The van der Waals surface area contributed by atoms with E-state index in [2.05, 4.69) is 10.3 Å². The fourth-order valence-electron chi connectivity index (χ4n) is 2.55. The average Bonchev–Trinajstić information content (AvgIpc) is 3.00. The zero-order valence-electron chi connectivity index (χ0n) is 16.2. The average molecular weight is 482 g/mol. The standard InChI is InChI=1S/C19H16ClN3O6S2/c1-10(24)22-12-3-5-13(6-4-12)31(26,27)29-17-14(20)7-11(8-15(17)28-2)9-16-18(25)23-19(21)30-16/h3-9H,1-2H3,(H,22,24)(H2,21,23,25)/b16-9-. The number of thioether (sulfide) groups is 1. The molecule has 0 fully saturated rings. The van der Waals surface area contributed by atoms with Crippen molar-refractivity contribution in [1.29, 1.82) is 0 Å². The number of nitrogens with one attached hydrogen (secondary N) is 1. The van der Waals surface area contributed by atoms with Gasteiger partial charge in [-0.25, -0.2) is 0 Å². The van der Waals surface area contributed by atoms with Crippen LogP contribution in [0, 0.1) is 0 Å². The molecular weight excluding hydrogens is 466 g/mol. The Kier molecular flexibility index (Phi) is 6.58. The van der Waals surface area contributed by atoms with E-state index in [1.807, 2.05) is 0 Å². The minimum atomic E-state index is -4.25. The molecule has 0 atom stereocenters. The van der Waals surface area contributed by atoms with Gasteiger partial charge in [0.05, 0.1) is 17.0 Å². The number of amides is 2. The maximum absolute atomic E-state index is 12.7. The summed E-state index contributed by atoms with van der Waals surface area (Å²) in [6.07, 6.45) is 1.50. The molecule has 2 aromatic carbocycles. The van der Waals surface area contributed by atoms with Gasteiger partial charge in [0, 0.05) is 12.6 Å². The first-order chi connectivity index (χ1) is 14.6. The Morgan fingerprint density at radius 3 is 2.48 bits per heavy atom. The molecule has 0 saturated heterocycles. The van der Waals surface area contributed by atoms with E-state index in [9.17, 15) is 18.0 Å². The van der Waals surface area contributed by atoms with Gasteiger partial charge in [0.25, 0.3) is 5.91 Å². The molecule has 0 saturated carbocycles. The van der Waals surface area contributed by atoms with E-state index in [-0.39, 0.29) is 37.4 Å². The summed E-state index contributed by atoms with van der Waals surface area (Å²) >= 11 is 7.25. The van der Waals surface area contributed by atoms with Crippen LogP contribution in [0.3, 0.4) is 0 Å².